The van der Waals surface area contributed by atoms with Crippen LogP contribution < -0.4 is 16.0 Å². The third-order valence-electron chi connectivity index (χ3n) is 12.5. The van der Waals surface area contributed by atoms with E-state index in [1.165, 1.54) is 48.2 Å². The van der Waals surface area contributed by atoms with Crippen LogP contribution in [-0.4, -0.2) is 124 Å². The summed E-state index contributed by atoms with van der Waals surface area (Å²) in [5.41, 5.74) is 5.12. The van der Waals surface area contributed by atoms with Gasteiger partial charge in [0.1, 0.15) is 18.1 Å². The van der Waals surface area contributed by atoms with E-state index in [2.05, 4.69) is 35.9 Å². The minimum Gasteiger partial charge on any atom is -0.447 e. The highest BCUT2D eigenvalue weighted by atomic mass is 32.1. The van der Waals surface area contributed by atoms with Crippen LogP contribution in [0.15, 0.2) is 115 Å². The van der Waals surface area contributed by atoms with Gasteiger partial charge >= 0.3 is 33.8 Å². The van der Waals surface area contributed by atoms with E-state index in [-0.39, 0.29) is 102 Å². The SMILES string of the molecule is CN(C(=O)NCc1cccc(F)c1F)[C@@H](CCCOP(=O)(OC(C)(C)C)OC(C)(C)C)COC(=O)Nc1cc2ccccc2cn1.CN(C(=O)NCc1cccc(F)c1F)[C@H](CO)CCCOP(=O)(OC(C)(C)C)OC(C)(C)C.S.S.[N-]=[N+]=NC(=O)c1cc2ccccc2cn1. The van der Waals surface area contributed by atoms with E-state index in [9.17, 15) is 51.0 Å². The standard InChI is InChI=1S/C32H43F2N4O7P.C22H37F2N2O6P.C10H6N4O.2H2S/c1-31(2,3)44-46(41,45-32(4,5)6)43-17-11-15-25(38(7)29(39)36-20-24-14-10-16-26(33)28(24)34)21-42-30(40)37-27-18-22-12-8-9-13-23(22)19-35-27;1-21(2,3)31-33(29,32-22(4,5)6)30-13-9-11-17(15-27)26(7)20(28)25-14-16-10-8-12-18(23)19(16)24;11-14-13-10(15)9-5-7-3-1-2-4-8(7)6-12-9;;/h8-10,12-14,16,18-19,25H,11,15,17,20-21H2,1-7H3,(H,36,39)(H,35,37,40);8,10,12,17,27H,9,11,13-15H2,1-7H3,(H,25,28);1-6H;2*1H2/t25-;17-;;;/m00.../s1. The van der Waals surface area contributed by atoms with Crippen molar-refractivity contribution in [3.05, 3.63) is 160 Å². The molecule has 0 aliphatic rings. The number of fused-ring (bicyclic) bond motifs is 2. The van der Waals surface area contributed by atoms with Gasteiger partial charge in [0, 0.05) is 66.4 Å². The Morgan fingerprint density at radius 3 is 1.41 bits per heavy atom. The number of phosphoric ester groups is 2. The molecule has 2 aromatic heterocycles. The van der Waals surface area contributed by atoms with Gasteiger partial charge < -0.3 is 30.3 Å². The van der Waals surface area contributed by atoms with E-state index in [1.54, 1.807) is 108 Å². The summed E-state index contributed by atoms with van der Waals surface area (Å²) in [7, 11) is -4.86. The number of azide groups is 1. The molecule has 0 bridgehead atoms. The molecule has 2 heterocycles. The molecular formula is C64H90F4N10O14P2S2. The first kappa shape index (κ1) is 85.2. The Balaban J connectivity index is 0.000000544. The zero-order valence-electron chi connectivity index (χ0n) is 56.4. The normalized spacial score (nSPS) is 12.4. The van der Waals surface area contributed by atoms with Gasteiger partial charge in [-0.05, 0) is 154 Å². The molecule has 0 aliphatic carbocycles. The predicted octanol–water partition coefficient (Wildman–Crippen LogP) is 15.7. The Hall–Kier alpha value is -6.91. The number of carbonyl (C=O) groups excluding carboxylic acids is 4. The number of amides is 6. The molecule has 6 aromatic rings. The number of nitrogens with zero attached hydrogens (tertiary/aromatic N) is 7. The van der Waals surface area contributed by atoms with Crippen LogP contribution in [0.4, 0.5) is 37.8 Å². The van der Waals surface area contributed by atoms with Gasteiger partial charge in [0.25, 0.3) is 5.91 Å². The van der Waals surface area contributed by atoms with Crippen molar-refractivity contribution < 1.29 is 82.9 Å². The van der Waals surface area contributed by atoms with Gasteiger partial charge in [0.2, 0.25) is 0 Å². The van der Waals surface area contributed by atoms with Crippen molar-refractivity contribution in [2.75, 3.05) is 45.8 Å². The van der Waals surface area contributed by atoms with Gasteiger partial charge in [-0.25, -0.2) is 46.1 Å². The molecule has 4 N–H and O–H groups in total. The maximum Gasteiger partial charge on any atom is 0.475 e. The quantitative estimate of drug-likeness (QED) is 0.0103. The average Bonchev–Trinajstić information content (AvgIpc) is 0.878. The van der Waals surface area contributed by atoms with Crippen molar-refractivity contribution in [1.29, 1.82) is 0 Å². The minimum atomic E-state index is -3.97. The molecule has 0 unspecified atom stereocenters. The molecule has 32 heteroatoms. The maximum atomic E-state index is 14.1. The van der Waals surface area contributed by atoms with E-state index in [1.807, 2.05) is 48.5 Å². The van der Waals surface area contributed by atoms with Crippen LogP contribution in [0.5, 0.6) is 0 Å². The highest BCUT2D eigenvalue weighted by Crippen LogP contribution is 2.56. The highest BCUT2D eigenvalue weighted by Gasteiger charge is 2.39. The number of nitrogens with one attached hydrogen (secondary N) is 3. The number of aliphatic hydroxyl groups is 1. The van der Waals surface area contributed by atoms with Crippen LogP contribution in [0, 0.1) is 23.3 Å². The molecule has 4 aromatic carbocycles. The summed E-state index contributed by atoms with van der Waals surface area (Å²) in [5, 5.41) is 23.9. The van der Waals surface area contributed by atoms with Crippen molar-refractivity contribution in [2.45, 2.75) is 156 Å². The summed E-state index contributed by atoms with van der Waals surface area (Å²) in [5.74, 6) is -4.47. The van der Waals surface area contributed by atoms with Crippen LogP contribution >= 0.6 is 42.6 Å². The summed E-state index contributed by atoms with van der Waals surface area (Å²) >= 11 is 0. The number of aromatic nitrogens is 2. The van der Waals surface area contributed by atoms with Crippen molar-refractivity contribution in [3.8, 4) is 0 Å². The number of rotatable bonds is 25. The molecule has 0 fully saturated rings. The van der Waals surface area contributed by atoms with E-state index in [0.29, 0.717) is 12.8 Å². The second-order valence-electron chi connectivity index (χ2n) is 25.2. The highest BCUT2D eigenvalue weighted by molar-refractivity contribution is 7.59. The summed E-state index contributed by atoms with van der Waals surface area (Å²) in [6.07, 6.45) is 3.61. The number of ether oxygens (including phenoxy) is 1. The zero-order chi connectivity index (χ0) is 70.2. The van der Waals surface area contributed by atoms with Gasteiger partial charge in [-0.1, -0.05) is 72.8 Å². The molecule has 0 spiro atoms. The Labute approximate surface area is 572 Å². The zero-order valence-corrected chi connectivity index (χ0v) is 60.2. The Kier molecular flexibility index (Phi) is 34.5. The molecule has 0 saturated heterocycles. The minimum absolute atomic E-state index is 0. The lowest BCUT2D eigenvalue weighted by atomic mass is 10.1. The lowest BCUT2D eigenvalue weighted by molar-refractivity contribution is 0.000645. The second-order valence-corrected chi connectivity index (χ2v) is 28.2. The van der Waals surface area contributed by atoms with Crippen molar-refractivity contribution in [3.63, 3.8) is 0 Å². The van der Waals surface area contributed by atoms with Crippen LogP contribution in [0.1, 0.15) is 130 Å². The Bertz CT molecular complexity index is 3630. The first-order valence-electron chi connectivity index (χ1n) is 29.9. The lowest BCUT2D eigenvalue weighted by Gasteiger charge is -2.31. The number of halogens is 4. The van der Waals surface area contributed by atoms with Crippen LogP contribution in [0.2, 0.25) is 0 Å². The second kappa shape index (κ2) is 38.9. The number of aliphatic hydroxyl groups excluding tert-OH is 1. The largest absolute Gasteiger partial charge is 0.475 e. The van der Waals surface area contributed by atoms with E-state index in [4.69, 9.17) is 37.4 Å². The number of urea groups is 2. The molecule has 24 nitrogen and oxygen atoms in total. The Morgan fingerprint density at radius 2 is 0.990 bits per heavy atom. The number of anilines is 1. The van der Waals surface area contributed by atoms with Gasteiger partial charge in [-0.15, -0.1) is 0 Å². The van der Waals surface area contributed by atoms with Crippen molar-refractivity contribution >= 4 is 94.1 Å². The number of hydrogen-bond acceptors (Lipinski definition) is 16. The molecule has 6 rings (SSSR count). The first-order valence-corrected chi connectivity index (χ1v) is 32.8. The predicted molar refractivity (Wildman–Crippen MR) is 369 cm³/mol. The molecule has 0 saturated carbocycles. The number of benzene rings is 4. The summed E-state index contributed by atoms with van der Waals surface area (Å²) in [6.45, 7) is 19.7. The number of likely N-dealkylation sites (N-methyl/N-ethyl adjacent to an activating group) is 2. The van der Waals surface area contributed by atoms with Crippen LogP contribution in [0.3, 0.4) is 0 Å². The number of hydrogen-bond donors (Lipinski definition) is 4. The third-order valence-corrected chi connectivity index (χ3v) is 16.6. The number of phosphoric acid groups is 2. The van der Waals surface area contributed by atoms with Crippen molar-refractivity contribution in [2.24, 2.45) is 5.11 Å². The fraction of sp³-hybridized carbons (Fsp3) is 0.469. The summed E-state index contributed by atoms with van der Waals surface area (Å²) in [4.78, 5) is 62.4. The Morgan fingerprint density at radius 1 is 0.594 bits per heavy atom. The van der Waals surface area contributed by atoms with Crippen LogP contribution in [0.25, 0.3) is 32.0 Å². The average molecular weight is 1430 g/mol. The van der Waals surface area contributed by atoms with Gasteiger partial charge in [0.15, 0.2) is 23.3 Å². The lowest BCUT2D eigenvalue weighted by Crippen LogP contribution is -2.46. The summed E-state index contributed by atoms with van der Waals surface area (Å²) < 4.78 is 120. The smallest absolute Gasteiger partial charge is 0.447 e. The van der Waals surface area contributed by atoms with Crippen LogP contribution in [-0.2, 0) is 54.1 Å². The first-order chi connectivity index (χ1) is 43.8. The van der Waals surface area contributed by atoms with Gasteiger partial charge in [-0.2, -0.15) is 27.0 Å². The number of carbonyl (C=O) groups is 4. The van der Waals surface area contributed by atoms with E-state index < -0.39 is 97.5 Å². The fourth-order valence-electron chi connectivity index (χ4n) is 8.32. The molecule has 0 radical (unpaired) electrons. The molecule has 530 valence electrons. The third kappa shape index (κ3) is 30.7. The molecule has 0 aliphatic heterocycles. The van der Waals surface area contributed by atoms with Gasteiger partial charge in [-0.3, -0.25) is 42.2 Å². The molecule has 96 heavy (non-hydrogen) atoms. The monoisotopic (exact) mass is 1420 g/mol. The fourth-order valence-corrected chi connectivity index (χ4v) is 12.0. The van der Waals surface area contributed by atoms with E-state index in [0.717, 1.165) is 33.7 Å². The number of pyridine rings is 2. The molecular weight excluding hydrogens is 1330 g/mol. The molecule has 2 atom stereocenters. The van der Waals surface area contributed by atoms with Crippen molar-refractivity contribution in [1.82, 2.24) is 30.4 Å². The van der Waals surface area contributed by atoms with E-state index >= 15 is 0 Å². The topological polar surface area (TPSA) is 304 Å². The van der Waals surface area contributed by atoms with Gasteiger partial charge in [0.05, 0.1) is 54.3 Å². The molecule has 6 amide bonds. The summed E-state index contributed by atoms with van der Waals surface area (Å²) in [6, 6.07) is 23.3. The maximum absolute atomic E-state index is 14.1.